The Morgan fingerprint density at radius 1 is 1.06 bits per heavy atom. The number of amides is 3. The number of imide groups is 1. The van der Waals surface area contributed by atoms with Gasteiger partial charge >= 0.3 is 6.03 Å². The largest absolute Gasteiger partial charge is 0.545 e. The maximum Gasteiger partial charge on any atom is 0.329 e. The Labute approximate surface area is 200 Å². The Balaban J connectivity index is 1.58. The summed E-state index contributed by atoms with van der Waals surface area (Å²) in [7, 11) is 1.46. The minimum absolute atomic E-state index is 0.0153. The van der Waals surface area contributed by atoms with Gasteiger partial charge in [0.15, 0.2) is 11.5 Å². The van der Waals surface area contributed by atoms with Gasteiger partial charge in [-0.15, -0.1) is 0 Å². The number of nitrogens with one attached hydrogen (secondary N) is 1. The Bertz CT molecular complexity index is 1320. The van der Waals surface area contributed by atoms with Crippen molar-refractivity contribution in [1.82, 2.24) is 10.2 Å². The summed E-state index contributed by atoms with van der Waals surface area (Å²) in [6, 6.07) is 16.1. The van der Waals surface area contributed by atoms with Crippen LogP contribution in [0, 0.1) is 5.82 Å². The van der Waals surface area contributed by atoms with E-state index in [0.717, 1.165) is 4.90 Å². The van der Waals surface area contributed by atoms with Crippen molar-refractivity contribution in [2.75, 3.05) is 7.11 Å². The number of carboxylic acid groups (broad SMARTS) is 1. The van der Waals surface area contributed by atoms with Crippen molar-refractivity contribution in [2.24, 2.45) is 0 Å². The summed E-state index contributed by atoms with van der Waals surface area (Å²) < 4.78 is 24.5. The van der Waals surface area contributed by atoms with Crippen LogP contribution < -0.4 is 19.9 Å². The molecule has 178 valence electrons. The first-order valence-corrected chi connectivity index (χ1v) is 10.5. The van der Waals surface area contributed by atoms with Crippen LogP contribution in [0.2, 0.25) is 0 Å². The van der Waals surface area contributed by atoms with E-state index in [1.807, 2.05) is 0 Å². The van der Waals surface area contributed by atoms with E-state index < -0.39 is 23.7 Å². The molecular weight excluding hydrogens is 455 g/mol. The molecular formula is C26H20FN2O6-. The van der Waals surface area contributed by atoms with Crippen LogP contribution >= 0.6 is 0 Å². The highest BCUT2D eigenvalue weighted by atomic mass is 19.1. The number of urea groups is 1. The molecule has 0 aromatic heterocycles. The van der Waals surface area contributed by atoms with E-state index >= 15 is 0 Å². The van der Waals surface area contributed by atoms with E-state index in [1.165, 1.54) is 49.6 Å². The summed E-state index contributed by atoms with van der Waals surface area (Å²) in [5.41, 5.74) is 1.71. The maximum atomic E-state index is 13.2. The molecule has 9 heteroatoms. The first kappa shape index (κ1) is 23.5. The van der Waals surface area contributed by atoms with Crippen LogP contribution in [-0.2, 0) is 17.9 Å². The maximum absolute atomic E-state index is 13.2. The number of benzene rings is 3. The zero-order chi connectivity index (χ0) is 24.9. The summed E-state index contributed by atoms with van der Waals surface area (Å²) in [5.74, 6) is -1.57. The van der Waals surface area contributed by atoms with Crippen molar-refractivity contribution in [3.05, 3.63) is 100 Å². The SMILES string of the molecule is COc1cccc(/C=C2/NC(=O)N(Cc3ccc(F)cc3)C2=O)c1OCc1cccc(C(=O)[O-])c1. The second kappa shape index (κ2) is 10.1. The topological polar surface area (TPSA) is 108 Å². The lowest BCUT2D eigenvalue weighted by Gasteiger charge is -2.14. The molecule has 3 aromatic carbocycles. The van der Waals surface area contributed by atoms with Crippen LogP contribution in [0.1, 0.15) is 27.0 Å². The van der Waals surface area contributed by atoms with Gasteiger partial charge in [0.1, 0.15) is 18.1 Å². The highest BCUT2D eigenvalue weighted by Gasteiger charge is 2.33. The minimum Gasteiger partial charge on any atom is -0.545 e. The minimum atomic E-state index is -1.30. The van der Waals surface area contributed by atoms with E-state index in [-0.39, 0.29) is 24.4 Å². The first-order chi connectivity index (χ1) is 16.9. The van der Waals surface area contributed by atoms with Gasteiger partial charge in [-0.2, -0.15) is 0 Å². The number of halogens is 1. The van der Waals surface area contributed by atoms with Gasteiger partial charge in [0.05, 0.1) is 19.6 Å². The third-order valence-electron chi connectivity index (χ3n) is 5.29. The smallest absolute Gasteiger partial charge is 0.329 e. The summed E-state index contributed by atoms with van der Waals surface area (Å²) in [6.07, 6.45) is 1.47. The lowest BCUT2D eigenvalue weighted by molar-refractivity contribution is -0.255. The van der Waals surface area contributed by atoms with Crippen LogP contribution in [0.4, 0.5) is 9.18 Å². The molecule has 0 unspecified atom stereocenters. The number of methoxy groups -OCH3 is 1. The second-order valence-electron chi connectivity index (χ2n) is 7.66. The van der Waals surface area contributed by atoms with Gasteiger partial charge in [0.25, 0.3) is 5.91 Å². The second-order valence-corrected chi connectivity index (χ2v) is 7.66. The highest BCUT2D eigenvalue weighted by molar-refractivity contribution is 6.14. The molecule has 0 saturated carbocycles. The van der Waals surface area contributed by atoms with Crippen molar-refractivity contribution in [3.63, 3.8) is 0 Å². The average Bonchev–Trinajstić information content (AvgIpc) is 3.11. The molecule has 1 fully saturated rings. The number of rotatable bonds is 8. The molecule has 4 rings (SSSR count). The first-order valence-electron chi connectivity index (χ1n) is 10.5. The number of nitrogens with zero attached hydrogens (tertiary/aromatic N) is 1. The highest BCUT2D eigenvalue weighted by Crippen LogP contribution is 2.34. The molecule has 1 aliphatic heterocycles. The van der Waals surface area contributed by atoms with Gasteiger partial charge < -0.3 is 24.7 Å². The molecule has 0 aliphatic carbocycles. The van der Waals surface area contributed by atoms with Crippen LogP contribution in [0.15, 0.2) is 72.4 Å². The van der Waals surface area contributed by atoms with Gasteiger partial charge in [0, 0.05) is 5.56 Å². The molecule has 1 heterocycles. The third kappa shape index (κ3) is 5.30. The Morgan fingerprint density at radius 2 is 1.80 bits per heavy atom. The molecule has 1 saturated heterocycles. The molecule has 0 atom stereocenters. The predicted molar refractivity (Wildman–Crippen MR) is 122 cm³/mol. The van der Waals surface area contributed by atoms with E-state index in [0.29, 0.717) is 28.2 Å². The molecule has 3 aromatic rings. The normalized spacial score (nSPS) is 14.2. The van der Waals surface area contributed by atoms with Crippen molar-refractivity contribution < 1.29 is 33.4 Å². The number of carbonyl (C=O) groups is 3. The molecule has 35 heavy (non-hydrogen) atoms. The molecule has 1 N–H and O–H groups in total. The summed E-state index contributed by atoms with van der Waals surface area (Å²) in [4.78, 5) is 37.5. The third-order valence-corrected chi connectivity index (χ3v) is 5.29. The fraction of sp³-hybridized carbons (Fsp3) is 0.115. The number of ether oxygens (including phenoxy) is 2. The van der Waals surface area contributed by atoms with Crippen molar-refractivity contribution in [1.29, 1.82) is 0 Å². The number of para-hydroxylation sites is 1. The lowest BCUT2D eigenvalue weighted by atomic mass is 10.1. The molecule has 0 bridgehead atoms. The van der Waals surface area contributed by atoms with E-state index in [9.17, 15) is 23.9 Å². The van der Waals surface area contributed by atoms with Crippen LogP contribution in [0.25, 0.3) is 6.08 Å². The zero-order valence-electron chi connectivity index (χ0n) is 18.6. The zero-order valence-corrected chi connectivity index (χ0v) is 18.6. The number of hydrogen-bond donors (Lipinski definition) is 1. The van der Waals surface area contributed by atoms with Crippen LogP contribution in [0.5, 0.6) is 11.5 Å². The fourth-order valence-electron chi connectivity index (χ4n) is 3.55. The summed E-state index contributed by atoms with van der Waals surface area (Å²) >= 11 is 0. The number of hydrogen-bond acceptors (Lipinski definition) is 6. The lowest BCUT2D eigenvalue weighted by Crippen LogP contribution is -2.30. The van der Waals surface area contributed by atoms with Gasteiger partial charge in [-0.05, 0) is 47.0 Å². The Kier molecular flexibility index (Phi) is 6.77. The van der Waals surface area contributed by atoms with Gasteiger partial charge in [-0.3, -0.25) is 9.69 Å². The van der Waals surface area contributed by atoms with Crippen molar-refractivity contribution >= 4 is 24.0 Å². The van der Waals surface area contributed by atoms with E-state index in [4.69, 9.17) is 9.47 Å². The Morgan fingerprint density at radius 3 is 2.51 bits per heavy atom. The summed E-state index contributed by atoms with van der Waals surface area (Å²) in [6.45, 7) is 0.00714. The molecule has 0 radical (unpaired) electrons. The van der Waals surface area contributed by atoms with E-state index in [2.05, 4.69) is 5.32 Å². The molecule has 8 nitrogen and oxygen atoms in total. The fourth-order valence-corrected chi connectivity index (χ4v) is 3.55. The van der Waals surface area contributed by atoms with Crippen LogP contribution in [0.3, 0.4) is 0 Å². The van der Waals surface area contributed by atoms with Crippen LogP contribution in [-0.4, -0.2) is 29.9 Å². The number of carbonyl (C=O) groups excluding carboxylic acids is 3. The number of aromatic carboxylic acids is 1. The predicted octanol–water partition coefficient (Wildman–Crippen LogP) is 2.87. The van der Waals surface area contributed by atoms with Gasteiger partial charge in [-0.1, -0.05) is 42.5 Å². The van der Waals surface area contributed by atoms with Gasteiger partial charge in [0.2, 0.25) is 0 Å². The molecule has 1 aliphatic rings. The summed E-state index contributed by atoms with van der Waals surface area (Å²) in [5, 5.41) is 13.7. The monoisotopic (exact) mass is 475 g/mol. The molecule has 3 amide bonds. The van der Waals surface area contributed by atoms with E-state index in [1.54, 1.807) is 30.3 Å². The number of carboxylic acids is 1. The average molecular weight is 475 g/mol. The standard InChI is InChI=1S/C26H21FN2O6/c1-34-22-7-3-5-18(23(22)35-15-17-4-2-6-19(12-17)25(31)32)13-21-24(30)29(26(33)28-21)14-16-8-10-20(27)11-9-16/h2-13H,14-15H2,1H3,(H,28,33)(H,31,32)/p-1/b21-13+. The molecule has 0 spiro atoms. The van der Waals surface area contributed by atoms with Crippen molar-refractivity contribution in [2.45, 2.75) is 13.2 Å². The van der Waals surface area contributed by atoms with Gasteiger partial charge in [-0.25, -0.2) is 9.18 Å². The van der Waals surface area contributed by atoms with Crippen molar-refractivity contribution in [3.8, 4) is 11.5 Å². The quantitative estimate of drug-likeness (QED) is 0.397. The Hall–Kier alpha value is -4.66.